The molecule has 1 unspecified atom stereocenters. The van der Waals surface area contributed by atoms with Crippen molar-refractivity contribution in [3.8, 4) is 5.75 Å². The highest BCUT2D eigenvalue weighted by Crippen LogP contribution is 2.24. The zero-order chi connectivity index (χ0) is 18.9. The van der Waals surface area contributed by atoms with Gasteiger partial charge in [0.15, 0.2) is 0 Å². The van der Waals surface area contributed by atoms with E-state index in [2.05, 4.69) is 54.7 Å². The van der Waals surface area contributed by atoms with E-state index in [1.54, 1.807) is 0 Å². The predicted molar refractivity (Wildman–Crippen MR) is 113 cm³/mol. The van der Waals surface area contributed by atoms with Gasteiger partial charge in [0.25, 0.3) is 0 Å². The van der Waals surface area contributed by atoms with E-state index in [9.17, 15) is 0 Å². The van der Waals surface area contributed by atoms with E-state index >= 15 is 0 Å². The van der Waals surface area contributed by atoms with Crippen LogP contribution in [0.3, 0.4) is 0 Å². The fourth-order valence-corrected chi connectivity index (χ4v) is 3.17. The Labute approximate surface area is 167 Å². The number of hydrogen-bond acceptors (Lipinski definition) is 2. The number of halogens is 1. The molecule has 0 saturated carbocycles. The van der Waals surface area contributed by atoms with Crippen LogP contribution in [0.2, 0.25) is 5.02 Å². The molecule has 27 heavy (non-hydrogen) atoms. The highest BCUT2D eigenvalue weighted by Gasteiger charge is 2.08. The van der Waals surface area contributed by atoms with Crippen LogP contribution >= 0.6 is 11.6 Å². The summed E-state index contributed by atoms with van der Waals surface area (Å²) in [5.41, 5.74) is 3.62. The third-order valence-electron chi connectivity index (χ3n) is 4.61. The molecule has 0 bridgehead atoms. The molecule has 0 aromatic heterocycles. The number of rotatable bonds is 9. The van der Waals surface area contributed by atoms with Gasteiger partial charge in [-0.05, 0) is 49.1 Å². The molecular weight excluding hydrogens is 354 g/mol. The van der Waals surface area contributed by atoms with Crippen molar-refractivity contribution in [1.82, 2.24) is 5.32 Å². The fraction of sp³-hybridized carbons (Fsp3) is 0.250. The molecule has 0 radical (unpaired) electrons. The van der Waals surface area contributed by atoms with Gasteiger partial charge in [0.2, 0.25) is 0 Å². The van der Waals surface area contributed by atoms with Crippen LogP contribution in [-0.4, -0.2) is 6.04 Å². The average molecular weight is 380 g/mol. The molecule has 3 aromatic rings. The van der Waals surface area contributed by atoms with E-state index in [0.717, 1.165) is 41.3 Å². The summed E-state index contributed by atoms with van der Waals surface area (Å²) in [6.45, 7) is 3.51. The van der Waals surface area contributed by atoms with Crippen molar-refractivity contribution < 1.29 is 4.74 Å². The van der Waals surface area contributed by atoms with Crippen molar-refractivity contribution in [2.24, 2.45) is 0 Å². The topological polar surface area (TPSA) is 21.3 Å². The number of hydrogen-bond donors (Lipinski definition) is 1. The smallest absolute Gasteiger partial charge is 0.124 e. The number of aryl methyl sites for hydroxylation is 1. The summed E-state index contributed by atoms with van der Waals surface area (Å²) in [5, 5.41) is 4.33. The maximum Gasteiger partial charge on any atom is 0.124 e. The summed E-state index contributed by atoms with van der Waals surface area (Å²) in [5.74, 6) is 0.881. The second-order valence-electron chi connectivity index (χ2n) is 6.83. The molecule has 0 fully saturated rings. The van der Waals surface area contributed by atoms with Gasteiger partial charge >= 0.3 is 0 Å². The Balaban J connectivity index is 1.54. The van der Waals surface area contributed by atoms with Gasteiger partial charge < -0.3 is 10.1 Å². The van der Waals surface area contributed by atoms with Gasteiger partial charge in [-0.3, -0.25) is 0 Å². The minimum absolute atomic E-state index is 0.408. The highest BCUT2D eigenvalue weighted by atomic mass is 35.5. The molecule has 1 N–H and O–H groups in total. The Morgan fingerprint density at radius 3 is 2.26 bits per heavy atom. The first-order chi connectivity index (χ1) is 13.2. The Bertz CT molecular complexity index is 820. The van der Waals surface area contributed by atoms with Crippen molar-refractivity contribution in [2.45, 2.75) is 39.0 Å². The Hall–Kier alpha value is -2.29. The third-order valence-corrected chi connectivity index (χ3v) is 4.84. The molecule has 3 heteroatoms. The van der Waals surface area contributed by atoms with E-state index in [0.29, 0.717) is 12.6 Å². The van der Waals surface area contributed by atoms with Crippen LogP contribution in [-0.2, 0) is 19.6 Å². The molecule has 0 aliphatic rings. The molecular formula is C24H26ClNO. The van der Waals surface area contributed by atoms with Crippen LogP contribution in [0.25, 0.3) is 0 Å². The lowest BCUT2D eigenvalue weighted by Gasteiger charge is -2.17. The maximum absolute atomic E-state index is 6.21. The van der Waals surface area contributed by atoms with Gasteiger partial charge in [0, 0.05) is 23.2 Å². The number of benzene rings is 3. The first kappa shape index (κ1) is 19.5. The molecule has 140 valence electrons. The highest BCUT2D eigenvalue weighted by molar-refractivity contribution is 6.30. The zero-order valence-electron chi connectivity index (χ0n) is 15.7. The van der Waals surface area contributed by atoms with E-state index in [1.807, 2.05) is 36.4 Å². The number of ether oxygens (including phenoxy) is 1. The predicted octanol–water partition coefficient (Wildman–Crippen LogP) is 6.03. The maximum atomic E-state index is 6.21. The molecule has 3 rings (SSSR count). The van der Waals surface area contributed by atoms with Gasteiger partial charge in [0.1, 0.15) is 12.4 Å². The quantitative estimate of drug-likeness (QED) is 0.490. The first-order valence-electron chi connectivity index (χ1n) is 9.43. The fourth-order valence-electron chi connectivity index (χ4n) is 2.98. The standard InChI is InChI=1S/C24H26ClNO/c1-19(12-13-20-8-4-2-5-9-20)26-17-22-16-23(25)14-15-24(22)27-18-21-10-6-3-7-11-21/h2-11,14-16,19,26H,12-13,17-18H2,1H3. The van der Waals surface area contributed by atoms with Crippen molar-refractivity contribution >= 4 is 11.6 Å². The Morgan fingerprint density at radius 1 is 0.889 bits per heavy atom. The Morgan fingerprint density at radius 2 is 1.56 bits per heavy atom. The third kappa shape index (κ3) is 6.42. The molecule has 0 aliphatic heterocycles. The van der Waals surface area contributed by atoms with Crippen LogP contribution in [0, 0.1) is 0 Å². The van der Waals surface area contributed by atoms with Crippen molar-refractivity contribution in [1.29, 1.82) is 0 Å². The summed E-state index contributed by atoms with van der Waals surface area (Å²) < 4.78 is 6.04. The second kappa shape index (κ2) is 10.1. The molecule has 2 nitrogen and oxygen atoms in total. The van der Waals surface area contributed by atoms with E-state index in [4.69, 9.17) is 16.3 Å². The van der Waals surface area contributed by atoms with E-state index < -0.39 is 0 Å². The molecule has 3 aromatic carbocycles. The van der Waals surface area contributed by atoms with Gasteiger partial charge in [0.05, 0.1) is 0 Å². The average Bonchev–Trinajstić information content (AvgIpc) is 2.71. The second-order valence-corrected chi connectivity index (χ2v) is 7.27. The van der Waals surface area contributed by atoms with Crippen molar-refractivity contribution in [3.63, 3.8) is 0 Å². The largest absolute Gasteiger partial charge is 0.489 e. The monoisotopic (exact) mass is 379 g/mol. The van der Waals surface area contributed by atoms with Gasteiger partial charge in [-0.15, -0.1) is 0 Å². The zero-order valence-corrected chi connectivity index (χ0v) is 16.5. The van der Waals surface area contributed by atoms with Gasteiger partial charge in [-0.1, -0.05) is 72.3 Å². The van der Waals surface area contributed by atoms with Crippen molar-refractivity contribution in [3.05, 3.63) is 101 Å². The minimum Gasteiger partial charge on any atom is -0.489 e. The van der Waals surface area contributed by atoms with Crippen LogP contribution in [0.15, 0.2) is 78.9 Å². The SMILES string of the molecule is CC(CCc1ccccc1)NCc1cc(Cl)ccc1OCc1ccccc1. The lowest BCUT2D eigenvalue weighted by Crippen LogP contribution is -2.26. The molecule has 1 atom stereocenters. The lowest BCUT2D eigenvalue weighted by molar-refractivity contribution is 0.301. The normalized spacial score (nSPS) is 11.9. The molecule has 0 amide bonds. The summed E-state index contributed by atoms with van der Waals surface area (Å²) in [4.78, 5) is 0. The molecule has 0 saturated heterocycles. The summed E-state index contributed by atoms with van der Waals surface area (Å²) >= 11 is 6.21. The number of nitrogens with one attached hydrogen (secondary N) is 1. The molecule has 0 aliphatic carbocycles. The summed E-state index contributed by atoms with van der Waals surface area (Å²) in [6.07, 6.45) is 2.16. The first-order valence-corrected chi connectivity index (χ1v) is 9.81. The van der Waals surface area contributed by atoms with Gasteiger partial charge in [-0.2, -0.15) is 0 Å². The minimum atomic E-state index is 0.408. The van der Waals surface area contributed by atoms with Gasteiger partial charge in [-0.25, -0.2) is 0 Å². The van der Waals surface area contributed by atoms with E-state index in [-0.39, 0.29) is 0 Å². The van der Waals surface area contributed by atoms with E-state index in [1.165, 1.54) is 5.56 Å². The van der Waals surface area contributed by atoms with Crippen molar-refractivity contribution in [2.75, 3.05) is 0 Å². The molecule has 0 spiro atoms. The molecule has 0 heterocycles. The van der Waals surface area contributed by atoms with Crippen LogP contribution in [0.5, 0.6) is 5.75 Å². The lowest BCUT2D eigenvalue weighted by atomic mass is 10.1. The van der Waals surface area contributed by atoms with Crippen LogP contribution in [0.4, 0.5) is 0 Å². The van der Waals surface area contributed by atoms with Crippen LogP contribution in [0.1, 0.15) is 30.0 Å². The van der Waals surface area contributed by atoms with Crippen LogP contribution < -0.4 is 10.1 Å². The summed E-state index contributed by atoms with van der Waals surface area (Å²) in [6, 6.07) is 27.0. The Kier molecular flexibility index (Phi) is 7.32. The summed E-state index contributed by atoms with van der Waals surface area (Å²) in [7, 11) is 0.